The van der Waals surface area contributed by atoms with Gasteiger partial charge in [0.05, 0.1) is 11.5 Å². The lowest BCUT2D eigenvalue weighted by Crippen LogP contribution is -2.21. The molecule has 0 heterocycles. The van der Waals surface area contributed by atoms with Crippen molar-refractivity contribution in [2.45, 2.75) is 18.7 Å². The van der Waals surface area contributed by atoms with Crippen molar-refractivity contribution in [3.63, 3.8) is 0 Å². The van der Waals surface area contributed by atoms with Crippen LogP contribution in [0.4, 0.5) is 0 Å². The molecule has 3 nitrogen and oxygen atoms in total. The van der Waals surface area contributed by atoms with E-state index in [1.807, 2.05) is 62.4 Å². The first-order valence-electron chi connectivity index (χ1n) is 6.83. The summed E-state index contributed by atoms with van der Waals surface area (Å²) in [5, 5.41) is 4.15. The van der Waals surface area contributed by atoms with Crippen molar-refractivity contribution >= 4 is 46.0 Å². The molecule has 2 aromatic rings. The van der Waals surface area contributed by atoms with Crippen LogP contribution in [0.2, 0.25) is 0 Å². The summed E-state index contributed by atoms with van der Waals surface area (Å²) in [7, 11) is 0. The van der Waals surface area contributed by atoms with Gasteiger partial charge >= 0.3 is 0 Å². The number of carbonyl (C=O) groups is 1. The second-order valence-corrected chi connectivity index (χ2v) is 7.14. The molecule has 0 bridgehead atoms. The number of thioether (sulfide) groups is 1. The topological polar surface area (TPSA) is 41.5 Å². The number of aryl methyl sites for hydroxylation is 1. The van der Waals surface area contributed by atoms with Gasteiger partial charge in [-0.1, -0.05) is 29.8 Å². The molecular formula is C17H17IN2OS. The van der Waals surface area contributed by atoms with Crippen LogP contribution in [0.25, 0.3) is 0 Å². The second-order valence-electron chi connectivity index (χ2n) is 4.84. The van der Waals surface area contributed by atoms with Gasteiger partial charge in [-0.05, 0) is 66.3 Å². The zero-order valence-electron chi connectivity index (χ0n) is 12.5. The molecule has 22 heavy (non-hydrogen) atoms. The Morgan fingerprint density at radius 3 is 2.41 bits per heavy atom. The molecule has 0 unspecified atom stereocenters. The number of halogens is 1. The summed E-state index contributed by atoms with van der Waals surface area (Å²) in [4.78, 5) is 12.9. The van der Waals surface area contributed by atoms with Crippen molar-refractivity contribution in [3.8, 4) is 0 Å². The van der Waals surface area contributed by atoms with Crippen LogP contribution in [0.15, 0.2) is 58.5 Å². The van der Waals surface area contributed by atoms with Gasteiger partial charge in [-0.25, -0.2) is 5.43 Å². The van der Waals surface area contributed by atoms with Crippen molar-refractivity contribution in [3.05, 3.63) is 63.2 Å². The number of rotatable bonds is 5. The molecule has 0 aromatic heterocycles. The smallest absolute Gasteiger partial charge is 0.250 e. The number of hydrogen-bond donors (Lipinski definition) is 1. The van der Waals surface area contributed by atoms with Crippen LogP contribution in [-0.2, 0) is 4.79 Å². The molecule has 0 saturated heterocycles. The minimum Gasteiger partial charge on any atom is -0.272 e. The summed E-state index contributed by atoms with van der Waals surface area (Å²) >= 11 is 3.76. The van der Waals surface area contributed by atoms with E-state index in [1.54, 1.807) is 0 Å². The lowest BCUT2D eigenvalue weighted by molar-refractivity contribution is -0.118. The van der Waals surface area contributed by atoms with E-state index in [9.17, 15) is 4.79 Å². The van der Waals surface area contributed by atoms with Crippen molar-refractivity contribution in [1.29, 1.82) is 0 Å². The molecule has 2 rings (SSSR count). The third-order valence-corrected chi connectivity index (χ3v) is 4.73. The maximum absolute atomic E-state index is 11.8. The molecule has 0 aliphatic heterocycles. The Balaban J connectivity index is 1.85. The fraction of sp³-hybridized carbons (Fsp3) is 0.176. The largest absolute Gasteiger partial charge is 0.272 e. The SMILES string of the molecule is C/C(=N/NC(=O)CSc1ccc(C)cc1)c1ccc(I)cc1. The van der Waals surface area contributed by atoms with Crippen molar-refractivity contribution in [2.24, 2.45) is 5.10 Å². The van der Waals surface area contributed by atoms with E-state index in [0.29, 0.717) is 5.75 Å². The summed E-state index contributed by atoms with van der Waals surface area (Å²) in [6.45, 7) is 3.93. The fourth-order valence-corrected chi connectivity index (χ4v) is 2.77. The molecular weight excluding hydrogens is 407 g/mol. The van der Waals surface area contributed by atoms with Crippen molar-refractivity contribution in [1.82, 2.24) is 5.43 Å². The molecule has 0 spiro atoms. The number of nitrogens with one attached hydrogen (secondary N) is 1. The van der Waals surface area contributed by atoms with Gasteiger partial charge in [-0.2, -0.15) is 5.10 Å². The third kappa shape index (κ3) is 5.46. The Kier molecular flexibility index (Phi) is 6.45. The van der Waals surface area contributed by atoms with Gasteiger partial charge in [-0.3, -0.25) is 4.79 Å². The first kappa shape index (κ1) is 17.0. The maximum Gasteiger partial charge on any atom is 0.250 e. The minimum atomic E-state index is -0.101. The highest BCUT2D eigenvalue weighted by Gasteiger charge is 2.03. The molecule has 5 heteroatoms. The fourth-order valence-electron chi connectivity index (χ4n) is 1.72. The molecule has 1 N–H and O–H groups in total. The van der Waals surface area contributed by atoms with Gasteiger partial charge < -0.3 is 0 Å². The van der Waals surface area contributed by atoms with E-state index in [0.717, 1.165) is 16.2 Å². The van der Waals surface area contributed by atoms with Gasteiger partial charge in [0.1, 0.15) is 0 Å². The Hall–Kier alpha value is -1.34. The van der Waals surface area contributed by atoms with E-state index >= 15 is 0 Å². The van der Waals surface area contributed by atoms with Crippen molar-refractivity contribution in [2.75, 3.05) is 5.75 Å². The average molecular weight is 424 g/mol. The van der Waals surface area contributed by atoms with Crippen LogP contribution >= 0.6 is 34.4 Å². The third-order valence-electron chi connectivity index (χ3n) is 3.00. The lowest BCUT2D eigenvalue weighted by atomic mass is 10.1. The van der Waals surface area contributed by atoms with Gasteiger partial charge in [0, 0.05) is 8.47 Å². The van der Waals surface area contributed by atoms with Gasteiger partial charge in [0.2, 0.25) is 5.91 Å². The van der Waals surface area contributed by atoms with Gasteiger partial charge in [0.25, 0.3) is 0 Å². The molecule has 0 aliphatic rings. The normalized spacial score (nSPS) is 11.3. The molecule has 0 aliphatic carbocycles. The highest BCUT2D eigenvalue weighted by atomic mass is 127. The molecule has 0 radical (unpaired) electrons. The molecule has 0 atom stereocenters. The van der Waals surface area contributed by atoms with Crippen LogP contribution < -0.4 is 5.43 Å². The number of nitrogens with zero attached hydrogens (tertiary/aromatic N) is 1. The minimum absolute atomic E-state index is 0.101. The predicted octanol–water partition coefficient (Wildman–Crippen LogP) is 4.23. The molecule has 114 valence electrons. The van der Waals surface area contributed by atoms with Gasteiger partial charge in [0.15, 0.2) is 0 Å². The Labute approximate surface area is 148 Å². The van der Waals surface area contributed by atoms with E-state index in [-0.39, 0.29) is 5.91 Å². The number of amides is 1. The first-order chi connectivity index (χ1) is 10.5. The molecule has 0 fully saturated rings. The summed E-state index contributed by atoms with van der Waals surface area (Å²) in [6.07, 6.45) is 0. The number of hydrazone groups is 1. The lowest BCUT2D eigenvalue weighted by Gasteiger charge is -2.04. The number of carbonyl (C=O) groups excluding carboxylic acids is 1. The molecule has 2 aromatic carbocycles. The maximum atomic E-state index is 11.8. The van der Waals surface area contributed by atoms with E-state index in [2.05, 4.69) is 33.1 Å². The highest BCUT2D eigenvalue weighted by Crippen LogP contribution is 2.17. The number of hydrogen-bond acceptors (Lipinski definition) is 3. The molecule has 0 saturated carbocycles. The quantitative estimate of drug-likeness (QED) is 0.338. The average Bonchev–Trinajstić information content (AvgIpc) is 2.52. The zero-order valence-corrected chi connectivity index (χ0v) is 15.4. The Morgan fingerprint density at radius 1 is 1.14 bits per heavy atom. The summed E-state index contributed by atoms with van der Waals surface area (Å²) in [6, 6.07) is 16.1. The number of benzene rings is 2. The van der Waals surface area contributed by atoms with Crippen LogP contribution in [0.5, 0.6) is 0 Å². The van der Waals surface area contributed by atoms with Crippen LogP contribution in [0.3, 0.4) is 0 Å². The highest BCUT2D eigenvalue weighted by molar-refractivity contribution is 14.1. The molecule has 1 amide bonds. The van der Waals surface area contributed by atoms with Crippen LogP contribution in [0, 0.1) is 10.5 Å². The van der Waals surface area contributed by atoms with E-state index in [4.69, 9.17) is 0 Å². The Morgan fingerprint density at radius 2 is 1.77 bits per heavy atom. The summed E-state index contributed by atoms with van der Waals surface area (Å²) < 4.78 is 1.17. The Bertz CT molecular complexity index is 666. The van der Waals surface area contributed by atoms with Crippen molar-refractivity contribution < 1.29 is 4.79 Å². The van der Waals surface area contributed by atoms with E-state index in [1.165, 1.54) is 20.9 Å². The van der Waals surface area contributed by atoms with Gasteiger partial charge in [-0.15, -0.1) is 11.8 Å². The summed E-state index contributed by atoms with van der Waals surface area (Å²) in [5.41, 5.74) is 5.62. The van der Waals surface area contributed by atoms with E-state index < -0.39 is 0 Å². The zero-order chi connectivity index (χ0) is 15.9. The monoisotopic (exact) mass is 424 g/mol. The van der Waals surface area contributed by atoms with Crippen LogP contribution in [0.1, 0.15) is 18.1 Å². The van der Waals surface area contributed by atoms with Crippen LogP contribution in [-0.4, -0.2) is 17.4 Å². The standard InChI is InChI=1S/C17H17IN2OS/c1-12-3-9-16(10-4-12)22-11-17(21)20-19-13(2)14-5-7-15(18)8-6-14/h3-10H,11H2,1-2H3,(H,20,21)/b19-13-. The predicted molar refractivity (Wildman–Crippen MR) is 101 cm³/mol. The first-order valence-corrected chi connectivity index (χ1v) is 8.89. The summed E-state index contributed by atoms with van der Waals surface area (Å²) in [5.74, 6) is 0.252. The second kappa shape index (κ2) is 8.33.